The Balaban J connectivity index is 0.874. The van der Waals surface area contributed by atoms with Crippen molar-refractivity contribution in [3.8, 4) is 34.1 Å². The predicted molar refractivity (Wildman–Crippen MR) is 273 cm³/mol. The van der Waals surface area contributed by atoms with E-state index in [9.17, 15) is 31.2 Å². The number of nitrogens with zero attached hydrogens (tertiary/aromatic N) is 6. The van der Waals surface area contributed by atoms with E-state index in [4.69, 9.17) is 9.47 Å². The monoisotopic (exact) mass is 1020 g/mol. The van der Waals surface area contributed by atoms with Crippen LogP contribution >= 0.6 is 0 Å². The molecule has 2 saturated heterocycles. The normalized spacial score (nSPS) is 13.8. The number of hydrogen-bond acceptors (Lipinski definition) is 15. The summed E-state index contributed by atoms with van der Waals surface area (Å²) in [4.78, 5) is 58.4. The molecule has 0 aliphatic carbocycles. The molecule has 0 bridgehead atoms. The summed E-state index contributed by atoms with van der Waals surface area (Å²) >= 11 is 0. The molecule has 2 aliphatic rings. The fourth-order valence-corrected chi connectivity index (χ4v) is 10.3. The van der Waals surface area contributed by atoms with Crippen LogP contribution < -0.4 is 25.4 Å². The number of sulfone groups is 2. The van der Waals surface area contributed by atoms with Gasteiger partial charge in [0.05, 0.1) is 23.7 Å². The van der Waals surface area contributed by atoms with Crippen LogP contribution in [0.1, 0.15) is 59.7 Å². The maximum Gasteiger partial charge on any atom is 0.252 e. The second-order valence-corrected chi connectivity index (χ2v) is 21.4. The molecule has 3 N–H and O–H groups in total. The van der Waals surface area contributed by atoms with Gasteiger partial charge < -0.3 is 35.2 Å². The van der Waals surface area contributed by atoms with Crippen LogP contribution in [0.3, 0.4) is 0 Å². The Morgan fingerprint density at radius 3 is 1.66 bits per heavy atom. The highest BCUT2D eigenvalue weighted by Gasteiger charge is 2.25. The molecule has 4 aromatic heterocycles. The van der Waals surface area contributed by atoms with E-state index in [1.165, 1.54) is 36.8 Å². The van der Waals surface area contributed by atoms with Gasteiger partial charge in [0, 0.05) is 92.3 Å². The van der Waals surface area contributed by atoms with Gasteiger partial charge in [0.1, 0.15) is 34.6 Å². The molecule has 0 radical (unpaired) electrons. The van der Waals surface area contributed by atoms with E-state index in [0.717, 1.165) is 19.1 Å². The Bertz CT molecular complexity index is 3400. The van der Waals surface area contributed by atoms with E-state index in [-0.39, 0.29) is 33.5 Å². The fourth-order valence-electron chi connectivity index (χ4n) is 8.42. The first kappa shape index (κ1) is 49.7. The van der Waals surface area contributed by atoms with Crippen molar-refractivity contribution >= 4 is 60.4 Å². The van der Waals surface area contributed by atoms with Gasteiger partial charge in [-0.2, -0.15) is 0 Å². The maximum atomic E-state index is 13.9. The van der Waals surface area contributed by atoms with Gasteiger partial charge in [-0.3, -0.25) is 14.4 Å². The van der Waals surface area contributed by atoms with Crippen molar-refractivity contribution in [2.45, 2.75) is 61.5 Å². The van der Waals surface area contributed by atoms with Crippen LogP contribution in [0.2, 0.25) is 0 Å². The summed E-state index contributed by atoms with van der Waals surface area (Å²) in [6, 6.07) is 30.9. The molecule has 3 aromatic carbocycles. The average molecular weight is 1020 g/mol. The van der Waals surface area contributed by atoms with Gasteiger partial charge in [-0.25, -0.2) is 36.8 Å². The number of ether oxygens (including phenoxy) is 2. The Labute approximate surface area is 422 Å². The molecule has 374 valence electrons. The van der Waals surface area contributed by atoms with Crippen molar-refractivity contribution in [2.24, 2.45) is 0 Å². The number of carbonyl (C=O) groups is 3. The third-order valence-electron chi connectivity index (χ3n) is 12.1. The van der Waals surface area contributed by atoms with E-state index >= 15 is 0 Å². The first-order valence-corrected chi connectivity index (χ1v) is 27.1. The van der Waals surface area contributed by atoms with E-state index in [0.29, 0.717) is 125 Å². The minimum absolute atomic E-state index is 0.0438. The Hall–Kier alpha value is -8.23. The number of benzene rings is 3. The van der Waals surface area contributed by atoms with Crippen molar-refractivity contribution in [2.75, 3.05) is 36.5 Å². The molecular formula is C53H51N9O9S2. The molecular weight excluding hydrogens is 971 g/mol. The maximum absolute atomic E-state index is 13.9. The smallest absolute Gasteiger partial charge is 0.252 e. The van der Waals surface area contributed by atoms with Crippen molar-refractivity contribution < 1.29 is 40.7 Å². The highest BCUT2D eigenvalue weighted by Crippen LogP contribution is 2.34. The second-order valence-electron chi connectivity index (χ2n) is 17.5. The quantitative estimate of drug-likeness (QED) is 0.0691. The summed E-state index contributed by atoms with van der Waals surface area (Å²) < 4.78 is 64.1. The van der Waals surface area contributed by atoms with Gasteiger partial charge >= 0.3 is 0 Å². The van der Waals surface area contributed by atoms with Crippen LogP contribution in [-0.2, 0) is 48.1 Å². The molecule has 6 heterocycles. The number of anilines is 4. The number of amides is 3. The van der Waals surface area contributed by atoms with E-state index in [1.54, 1.807) is 76.7 Å². The summed E-state index contributed by atoms with van der Waals surface area (Å²) in [6.45, 7) is 4.17. The molecule has 7 aromatic rings. The van der Waals surface area contributed by atoms with E-state index in [2.05, 4.69) is 35.9 Å². The number of nitrogens with one attached hydrogen (secondary N) is 3. The minimum atomic E-state index is -3.95. The standard InChI is InChI=1S/C53H51N9O9S2/c1-3-54-53(65)36-13-21-48(56-29-36)60-41-15-19-46(39(27-41)33-62-25-7-11-52(62)64)71-43-17-23-50(58-31-43)73(68,69)34-37-8-4-5-9-44(37)35-12-20-47(55-28-35)59-40-14-18-45(38(26-40)32-61-24-6-10-51(61)63)70-42-16-22-49(57-30-42)72(2,66)67/h4-5,8-9,12-23,26-31H,3,6-7,10-11,24-25,32-34H2,1-2H3,(H,54,65)(H,55,59)(H,56,60). The summed E-state index contributed by atoms with van der Waals surface area (Å²) in [6.07, 6.45) is 9.40. The minimum Gasteiger partial charge on any atom is -0.455 e. The van der Waals surface area contributed by atoms with Crippen LogP contribution in [0.25, 0.3) is 11.1 Å². The number of pyridine rings is 4. The number of aromatic nitrogens is 4. The van der Waals surface area contributed by atoms with Crippen molar-refractivity contribution in [3.05, 3.63) is 156 Å². The topological polar surface area (TPSA) is 232 Å². The molecule has 20 heteroatoms. The molecule has 0 unspecified atom stereocenters. The highest BCUT2D eigenvalue weighted by atomic mass is 32.2. The van der Waals surface area contributed by atoms with E-state index in [1.807, 2.05) is 37.3 Å². The van der Waals surface area contributed by atoms with Crippen molar-refractivity contribution in [1.29, 1.82) is 0 Å². The number of carbonyl (C=O) groups excluding carboxylic acids is 3. The lowest BCUT2D eigenvalue weighted by atomic mass is 10.0. The van der Waals surface area contributed by atoms with Gasteiger partial charge in [-0.05, 0) is 116 Å². The molecule has 73 heavy (non-hydrogen) atoms. The van der Waals surface area contributed by atoms with Gasteiger partial charge in [0.25, 0.3) is 5.91 Å². The van der Waals surface area contributed by atoms with Crippen LogP contribution in [0, 0.1) is 0 Å². The molecule has 0 atom stereocenters. The zero-order valence-electron chi connectivity index (χ0n) is 39.9. The third-order valence-corrected chi connectivity index (χ3v) is 14.7. The van der Waals surface area contributed by atoms with Crippen molar-refractivity contribution in [3.63, 3.8) is 0 Å². The molecule has 18 nitrogen and oxygen atoms in total. The van der Waals surface area contributed by atoms with Gasteiger partial charge in [-0.15, -0.1) is 0 Å². The lowest BCUT2D eigenvalue weighted by molar-refractivity contribution is -0.129. The second kappa shape index (κ2) is 21.6. The lowest BCUT2D eigenvalue weighted by Crippen LogP contribution is -2.24. The largest absolute Gasteiger partial charge is 0.455 e. The van der Waals surface area contributed by atoms with Gasteiger partial charge in [-0.1, -0.05) is 24.3 Å². The predicted octanol–water partition coefficient (Wildman–Crippen LogP) is 8.38. The number of likely N-dealkylation sites (tertiary alicyclic amines) is 2. The molecule has 9 rings (SSSR count). The molecule has 2 fully saturated rings. The van der Waals surface area contributed by atoms with Gasteiger partial charge in [0.2, 0.25) is 11.8 Å². The first-order valence-electron chi connectivity index (χ1n) is 23.5. The molecule has 3 amide bonds. The highest BCUT2D eigenvalue weighted by molar-refractivity contribution is 7.90. The molecule has 0 saturated carbocycles. The van der Waals surface area contributed by atoms with Crippen LogP contribution in [0.5, 0.6) is 23.0 Å². The van der Waals surface area contributed by atoms with E-state index < -0.39 is 19.7 Å². The zero-order valence-corrected chi connectivity index (χ0v) is 41.6. The summed E-state index contributed by atoms with van der Waals surface area (Å²) in [5, 5.41) is 9.11. The Morgan fingerprint density at radius 2 is 1.18 bits per heavy atom. The summed E-state index contributed by atoms with van der Waals surface area (Å²) in [5.41, 5.74) is 5.15. The zero-order chi connectivity index (χ0) is 51.1. The Morgan fingerprint density at radius 1 is 0.616 bits per heavy atom. The SMILES string of the molecule is CCNC(=O)c1ccc(Nc2ccc(Oc3ccc(S(=O)(=O)Cc4ccccc4-c4ccc(Nc5ccc(Oc6ccc(S(C)(=O)=O)nc6)c(CN6CCCC6=O)c5)nc4)nc3)c(CN3CCCC3=O)c2)nc1. The van der Waals surface area contributed by atoms with Crippen LogP contribution in [0.4, 0.5) is 23.0 Å². The van der Waals surface area contributed by atoms with Gasteiger partial charge in [0.15, 0.2) is 29.7 Å². The number of rotatable bonds is 19. The van der Waals surface area contributed by atoms with Crippen LogP contribution in [-0.4, -0.2) is 90.2 Å². The van der Waals surface area contributed by atoms with Crippen LogP contribution in [0.15, 0.2) is 144 Å². The fraction of sp³-hybridized carbons (Fsp3) is 0.226. The lowest BCUT2D eigenvalue weighted by Gasteiger charge is -2.19. The summed E-state index contributed by atoms with van der Waals surface area (Å²) in [5.74, 6) is 2.15. The summed E-state index contributed by atoms with van der Waals surface area (Å²) in [7, 11) is -7.44. The van der Waals surface area contributed by atoms with Crippen molar-refractivity contribution in [1.82, 2.24) is 35.1 Å². The first-order chi connectivity index (χ1) is 35.2. The third kappa shape index (κ3) is 12.3. The molecule has 0 spiro atoms. The molecule has 2 aliphatic heterocycles. The Kier molecular flexibility index (Phi) is 14.7. The number of hydrogen-bond donors (Lipinski definition) is 3. The average Bonchev–Trinajstić information content (AvgIpc) is 3.99.